The molecule has 0 heterocycles. The zero-order valence-electron chi connectivity index (χ0n) is 11.6. The quantitative estimate of drug-likeness (QED) is 0.752. The highest BCUT2D eigenvalue weighted by molar-refractivity contribution is 5.74. The summed E-state index contributed by atoms with van der Waals surface area (Å²) >= 11 is 0. The van der Waals surface area contributed by atoms with E-state index in [0.717, 1.165) is 18.2 Å². The van der Waals surface area contributed by atoms with Gasteiger partial charge in [0.05, 0.1) is 18.7 Å². The van der Waals surface area contributed by atoms with E-state index in [1.807, 2.05) is 6.92 Å². The van der Waals surface area contributed by atoms with Gasteiger partial charge in [-0.1, -0.05) is 13.8 Å². The molecule has 0 aliphatic rings. The number of carbonyl (C=O) groups is 1. The number of aliphatic hydroxyl groups excluding tert-OH is 1. The van der Waals surface area contributed by atoms with Crippen molar-refractivity contribution in [3.63, 3.8) is 0 Å². The van der Waals surface area contributed by atoms with Crippen LogP contribution in [-0.4, -0.2) is 23.8 Å². The molecule has 2 unspecified atom stereocenters. The number of nitrogens with one attached hydrogen (secondary N) is 2. The van der Waals surface area contributed by atoms with Crippen molar-refractivity contribution in [2.24, 2.45) is 0 Å². The maximum atomic E-state index is 13.7. The standard InChI is InChI=1S/C14H20F2N2O2/c1-3-10(8-19)17-14(20)18-13(4-2)11-7-9(15)5-6-12(11)16/h5-7,10,13,19H,3-4,8H2,1-2H3,(H2,17,18,20). The van der Waals surface area contributed by atoms with Gasteiger partial charge < -0.3 is 15.7 Å². The molecule has 1 rings (SSSR count). The maximum absolute atomic E-state index is 13.7. The van der Waals surface area contributed by atoms with Crippen LogP contribution in [0.4, 0.5) is 13.6 Å². The Morgan fingerprint density at radius 1 is 1.25 bits per heavy atom. The Bertz CT molecular complexity index is 451. The minimum absolute atomic E-state index is 0.111. The summed E-state index contributed by atoms with van der Waals surface area (Å²) in [6.07, 6.45) is 0.999. The van der Waals surface area contributed by atoms with E-state index in [1.165, 1.54) is 0 Å². The second-order valence-electron chi connectivity index (χ2n) is 4.53. The van der Waals surface area contributed by atoms with Gasteiger partial charge in [-0.05, 0) is 31.0 Å². The van der Waals surface area contributed by atoms with Gasteiger partial charge in [0.25, 0.3) is 0 Å². The van der Waals surface area contributed by atoms with Gasteiger partial charge in [0.2, 0.25) is 0 Å². The van der Waals surface area contributed by atoms with Gasteiger partial charge in [-0.2, -0.15) is 0 Å². The van der Waals surface area contributed by atoms with Crippen LogP contribution in [-0.2, 0) is 0 Å². The summed E-state index contributed by atoms with van der Waals surface area (Å²) in [5, 5.41) is 14.2. The number of rotatable bonds is 6. The zero-order valence-corrected chi connectivity index (χ0v) is 11.6. The molecule has 0 radical (unpaired) electrons. The van der Waals surface area contributed by atoms with Crippen LogP contribution in [0.15, 0.2) is 18.2 Å². The first kappa shape index (κ1) is 16.4. The number of halogens is 2. The largest absolute Gasteiger partial charge is 0.394 e. The lowest BCUT2D eigenvalue weighted by Gasteiger charge is -2.21. The number of amides is 2. The van der Waals surface area contributed by atoms with Crippen molar-refractivity contribution in [2.75, 3.05) is 6.61 Å². The summed E-state index contributed by atoms with van der Waals surface area (Å²) in [6.45, 7) is 3.42. The molecule has 0 saturated carbocycles. The number of aliphatic hydroxyl groups is 1. The van der Waals surface area contributed by atoms with Gasteiger partial charge in [-0.25, -0.2) is 13.6 Å². The average molecular weight is 286 g/mol. The highest BCUT2D eigenvalue weighted by Crippen LogP contribution is 2.21. The molecule has 20 heavy (non-hydrogen) atoms. The minimum atomic E-state index is -0.623. The number of hydrogen-bond donors (Lipinski definition) is 3. The second-order valence-corrected chi connectivity index (χ2v) is 4.53. The van der Waals surface area contributed by atoms with E-state index < -0.39 is 23.7 Å². The molecule has 0 spiro atoms. The fourth-order valence-electron chi connectivity index (χ4n) is 1.84. The van der Waals surface area contributed by atoms with E-state index in [-0.39, 0.29) is 18.2 Å². The van der Waals surface area contributed by atoms with E-state index in [0.29, 0.717) is 12.8 Å². The molecule has 0 fully saturated rings. The summed E-state index contributed by atoms with van der Waals surface area (Å²) < 4.78 is 26.8. The number of benzene rings is 1. The number of hydrogen-bond acceptors (Lipinski definition) is 2. The third-order valence-corrected chi connectivity index (χ3v) is 3.10. The monoisotopic (exact) mass is 286 g/mol. The highest BCUT2D eigenvalue weighted by atomic mass is 19.1. The van der Waals surface area contributed by atoms with Crippen molar-refractivity contribution in [1.82, 2.24) is 10.6 Å². The van der Waals surface area contributed by atoms with Crippen molar-refractivity contribution >= 4 is 6.03 Å². The Morgan fingerprint density at radius 3 is 2.50 bits per heavy atom. The molecule has 0 aliphatic carbocycles. The molecule has 4 nitrogen and oxygen atoms in total. The lowest BCUT2D eigenvalue weighted by molar-refractivity contribution is 0.211. The lowest BCUT2D eigenvalue weighted by Crippen LogP contribution is -2.44. The van der Waals surface area contributed by atoms with E-state index >= 15 is 0 Å². The third kappa shape index (κ3) is 4.45. The molecule has 2 amide bonds. The third-order valence-electron chi connectivity index (χ3n) is 3.10. The van der Waals surface area contributed by atoms with Gasteiger partial charge >= 0.3 is 6.03 Å². The van der Waals surface area contributed by atoms with Crippen molar-refractivity contribution in [3.05, 3.63) is 35.4 Å². The van der Waals surface area contributed by atoms with Crippen molar-refractivity contribution < 1.29 is 18.7 Å². The number of urea groups is 1. The molecule has 0 bridgehead atoms. The first-order valence-electron chi connectivity index (χ1n) is 6.64. The Balaban J connectivity index is 2.76. The smallest absolute Gasteiger partial charge is 0.315 e. The topological polar surface area (TPSA) is 61.4 Å². The van der Waals surface area contributed by atoms with Crippen LogP contribution >= 0.6 is 0 Å². The minimum Gasteiger partial charge on any atom is -0.394 e. The van der Waals surface area contributed by atoms with E-state index in [9.17, 15) is 13.6 Å². The van der Waals surface area contributed by atoms with Crippen LogP contribution in [0.5, 0.6) is 0 Å². The summed E-state index contributed by atoms with van der Waals surface area (Å²) in [5.74, 6) is -1.11. The number of carbonyl (C=O) groups excluding carboxylic acids is 1. The molecule has 2 atom stereocenters. The average Bonchev–Trinajstić information content (AvgIpc) is 2.45. The van der Waals surface area contributed by atoms with Crippen LogP contribution in [0.25, 0.3) is 0 Å². The van der Waals surface area contributed by atoms with Crippen molar-refractivity contribution in [1.29, 1.82) is 0 Å². The van der Waals surface area contributed by atoms with Gasteiger partial charge in [-0.15, -0.1) is 0 Å². The van der Waals surface area contributed by atoms with Gasteiger partial charge in [0.1, 0.15) is 11.6 Å². The molecule has 0 saturated heterocycles. The van der Waals surface area contributed by atoms with E-state index in [1.54, 1.807) is 6.92 Å². The van der Waals surface area contributed by atoms with Crippen LogP contribution in [0.2, 0.25) is 0 Å². The van der Waals surface area contributed by atoms with E-state index in [4.69, 9.17) is 5.11 Å². The Morgan fingerprint density at radius 2 is 1.95 bits per heavy atom. The Kier molecular flexibility index (Phi) is 6.38. The first-order valence-corrected chi connectivity index (χ1v) is 6.64. The summed E-state index contributed by atoms with van der Waals surface area (Å²) in [7, 11) is 0. The summed E-state index contributed by atoms with van der Waals surface area (Å²) in [4.78, 5) is 11.8. The first-order chi connectivity index (χ1) is 9.51. The Labute approximate surface area is 117 Å². The lowest BCUT2D eigenvalue weighted by atomic mass is 10.0. The molecule has 1 aromatic rings. The van der Waals surface area contributed by atoms with E-state index in [2.05, 4.69) is 10.6 Å². The predicted octanol–water partition coefficient (Wildman–Crippen LogP) is 2.49. The summed E-state index contributed by atoms with van der Waals surface area (Å²) in [6, 6.07) is 1.65. The molecule has 0 aliphatic heterocycles. The maximum Gasteiger partial charge on any atom is 0.315 e. The van der Waals surface area contributed by atoms with Gasteiger partial charge in [-0.3, -0.25) is 0 Å². The highest BCUT2D eigenvalue weighted by Gasteiger charge is 2.18. The molecule has 6 heteroatoms. The van der Waals surface area contributed by atoms with Gasteiger partial charge in [0, 0.05) is 5.56 Å². The fourth-order valence-corrected chi connectivity index (χ4v) is 1.84. The molecule has 3 N–H and O–H groups in total. The SMILES string of the molecule is CCC(CO)NC(=O)NC(CC)c1cc(F)ccc1F. The van der Waals surface area contributed by atoms with Crippen LogP contribution in [0, 0.1) is 11.6 Å². The zero-order chi connectivity index (χ0) is 15.1. The fraction of sp³-hybridized carbons (Fsp3) is 0.500. The second kappa shape index (κ2) is 7.79. The Hall–Kier alpha value is -1.69. The molecule has 112 valence electrons. The van der Waals surface area contributed by atoms with Gasteiger partial charge in [0.15, 0.2) is 0 Å². The summed E-state index contributed by atoms with van der Waals surface area (Å²) in [5.41, 5.74) is 0.111. The van der Waals surface area contributed by atoms with Crippen LogP contribution < -0.4 is 10.6 Å². The molecular weight excluding hydrogens is 266 g/mol. The van der Waals surface area contributed by atoms with Crippen LogP contribution in [0.3, 0.4) is 0 Å². The molecule has 1 aromatic carbocycles. The predicted molar refractivity (Wildman–Crippen MR) is 72.2 cm³/mol. The van der Waals surface area contributed by atoms with Crippen molar-refractivity contribution in [3.8, 4) is 0 Å². The molecule has 0 aromatic heterocycles. The normalized spacial score (nSPS) is 13.7. The van der Waals surface area contributed by atoms with Crippen molar-refractivity contribution in [2.45, 2.75) is 38.8 Å². The molecular formula is C14H20F2N2O2. The van der Waals surface area contributed by atoms with Crippen LogP contribution in [0.1, 0.15) is 38.3 Å².